The Hall–Kier alpha value is -0.570. The van der Waals surface area contributed by atoms with Gasteiger partial charge in [0.1, 0.15) is 0 Å². The van der Waals surface area contributed by atoms with Crippen molar-refractivity contribution in [3.63, 3.8) is 0 Å². The Morgan fingerprint density at radius 2 is 1.83 bits per heavy atom. The van der Waals surface area contributed by atoms with E-state index < -0.39 is 0 Å². The van der Waals surface area contributed by atoms with Crippen LogP contribution < -0.4 is 0 Å². The van der Waals surface area contributed by atoms with Gasteiger partial charge in [0, 0.05) is 26.1 Å². The Morgan fingerprint density at radius 1 is 1.25 bits per heavy atom. The molecule has 0 radical (unpaired) electrons. The Balaban J connectivity index is 2.17. The van der Waals surface area contributed by atoms with E-state index >= 15 is 0 Å². The Kier molecular flexibility index (Phi) is 3.09. The maximum absolute atomic E-state index is 11.4. The lowest BCUT2D eigenvalue weighted by Crippen LogP contribution is -2.34. The minimum absolute atomic E-state index is 0.330. The van der Waals surface area contributed by atoms with Gasteiger partial charge in [0.25, 0.3) is 0 Å². The lowest BCUT2D eigenvalue weighted by Gasteiger charge is -2.19. The molecular weight excluding hydrogens is 152 g/mol. The van der Waals surface area contributed by atoms with Crippen molar-refractivity contribution in [1.82, 2.24) is 9.80 Å². The zero-order chi connectivity index (χ0) is 9.14. The molecule has 70 valence electrons. The highest BCUT2D eigenvalue weighted by Gasteiger charge is 2.31. The first-order valence-corrected chi connectivity index (χ1v) is 4.51. The molecule has 1 amide bonds. The maximum Gasteiger partial charge on any atom is 0.225 e. The van der Waals surface area contributed by atoms with Crippen molar-refractivity contribution >= 4 is 5.91 Å². The normalized spacial score (nSPS) is 16.7. The van der Waals surface area contributed by atoms with Crippen LogP contribution in [0.4, 0.5) is 0 Å². The summed E-state index contributed by atoms with van der Waals surface area (Å²) in [4.78, 5) is 15.4. The second-order valence-electron chi connectivity index (χ2n) is 3.84. The van der Waals surface area contributed by atoms with Crippen molar-refractivity contribution in [3.05, 3.63) is 0 Å². The lowest BCUT2D eigenvalue weighted by molar-refractivity contribution is -0.131. The van der Waals surface area contributed by atoms with Gasteiger partial charge in [0.15, 0.2) is 0 Å². The zero-order valence-corrected chi connectivity index (χ0v) is 8.21. The van der Waals surface area contributed by atoms with Crippen molar-refractivity contribution in [1.29, 1.82) is 0 Å². The second kappa shape index (κ2) is 3.90. The molecule has 0 aromatic carbocycles. The van der Waals surface area contributed by atoms with E-state index in [1.54, 1.807) is 0 Å². The molecule has 3 nitrogen and oxygen atoms in total. The number of hydrogen-bond donors (Lipinski definition) is 0. The average Bonchev–Trinajstić information content (AvgIpc) is 2.80. The first kappa shape index (κ1) is 9.52. The smallest absolute Gasteiger partial charge is 0.225 e. The van der Waals surface area contributed by atoms with Gasteiger partial charge in [-0.2, -0.15) is 0 Å². The Bertz CT molecular complexity index is 164. The SMILES string of the molecule is CN(C)CCN(C)C(=O)C1CC1. The number of amides is 1. The summed E-state index contributed by atoms with van der Waals surface area (Å²) >= 11 is 0. The van der Waals surface area contributed by atoms with Crippen LogP contribution in [0.25, 0.3) is 0 Å². The van der Waals surface area contributed by atoms with Gasteiger partial charge >= 0.3 is 0 Å². The number of carbonyl (C=O) groups is 1. The predicted molar refractivity (Wildman–Crippen MR) is 48.9 cm³/mol. The van der Waals surface area contributed by atoms with E-state index in [0.717, 1.165) is 25.9 Å². The van der Waals surface area contributed by atoms with Gasteiger partial charge in [0.05, 0.1) is 0 Å². The van der Waals surface area contributed by atoms with E-state index in [1.807, 2.05) is 26.0 Å². The molecule has 0 heterocycles. The van der Waals surface area contributed by atoms with E-state index in [4.69, 9.17) is 0 Å². The molecule has 0 spiro atoms. The van der Waals surface area contributed by atoms with Gasteiger partial charge in [-0.1, -0.05) is 0 Å². The Morgan fingerprint density at radius 3 is 2.25 bits per heavy atom. The average molecular weight is 170 g/mol. The molecule has 12 heavy (non-hydrogen) atoms. The van der Waals surface area contributed by atoms with Crippen LogP contribution in [-0.2, 0) is 4.79 Å². The monoisotopic (exact) mass is 170 g/mol. The third-order valence-electron chi connectivity index (χ3n) is 2.19. The summed E-state index contributed by atoms with van der Waals surface area (Å²) in [5.74, 6) is 0.689. The van der Waals surface area contributed by atoms with Crippen LogP contribution in [0.2, 0.25) is 0 Å². The topological polar surface area (TPSA) is 23.6 Å². The molecule has 0 saturated heterocycles. The zero-order valence-electron chi connectivity index (χ0n) is 8.21. The van der Waals surface area contributed by atoms with E-state index in [-0.39, 0.29) is 0 Å². The van der Waals surface area contributed by atoms with E-state index in [1.165, 1.54) is 0 Å². The van der Waals surface area contributed by atoms with Crippen LogP contribution in [0.15, 0.2) is 0 Å². The van der Waals surface area contributed by atoms with Crippen molar-refractivity contribution in [2.24, 2.45) is 5.92 Å². The van der Waals surface area contributed by atoms with Gasteiger partial charge in [-0.15, -0.1) is 0 Å². The standard InChI is InChI=1S/C9H18N2O/c1-10(2)6-7-11(3)9(12)8-4-5-8/h8H,4-7H2,1-3H3. The summed E-state index contributed by atoms with van der Waals surface area (Å²) in [6.07, 6.45) is 2.20. The second-order valence-corrected chi connectivity index (χ2v) is 3.84. The molecule has 1 rings (SSSR count). The van der Waals surface area contributed by atoms with E-state index in [2.05, 4.69) is 4.90 Å². The first-order chi connectivity index (χ1) is 5.61. The molecule has 0 aliphatic heterocycles. The molecule has 3 heteroatoms. The number of nitrogens with zero attached hydrogens (tertiary/aromatic N) is 2. The van der Waals surface area contributed by atoms with Crippen molar-refractivity contribution in [2.45, 2.75) is 12.8 Å². The molecule has 0 aromatic heterocycles. The molecule has 0 unspecified atom stereocenters. The van der Waals surface area contributed by atoms with Gasteiger partial charge < -0.3 is 9.80 Å². The van der Waals surface area contributed by atoms with Crippen molar-refractivity contribution < 1.29 is 4.79 Å². The molecule has 0 aromatic rings. The highest BCUT2D eigenvalue weighted by atomic mass is 16.2. The third-order valence-corrected chi connectivity index (χ3v) is 2.19. The highest BCUT2D eigenvalue weighted by molar-refractivity contribution is 5.80. The highest BCUT2D eigenvalue weighted by Crippen LogP contribution is 2.30. The number of rotatable bonds is 4. The maximum atomic E-state index is 11.4. The van der Waals surface area contributed by atoms with Gasteiger partial charge in [-0.05, 0) is 26.9 Å². The van der Waals surface area contributed by atoms with Crippen LogP contribution in [0.5, 0.6) is 0 Å². The van der Waals surface area contributed by atoms with Crippen molar-refractivity contribution in [3.8, 4) is 0 Å². The number of carbonyl (C=O) groups excluding carboxylic acids is 1. The number of hydrogen-bond acceptors (Lipinski definition) is 2. The molecular formula is C9H18N2O. The quantitative estimate of drug-likeness (QED) is 0.610. The first-order valence-electron chi connectivity index (χ1n) is 4.51. The summed E-state index contributed by atoms with van der Waals surface area (Å²) in [6, 6.07) is 0. The van der Waals surface area contributed by atoms with Crippen LogP contribution in [-0.4, -0.2) is 49.9 Å². The largest absolute Gasteiger partial charge is 0.344 e. The molecule has 1 fully saturated rings. The predicted octanol–water partition coefficient (Wildman–Crippen LogP) is 0.416. The summed E-state index contributed by atoms with van der Waals surface area (Å²) < 4.78 is 0. The fraction of sp³-hybridized carbons (Fsp3) is 0.889. The molecule has 0 bridgehead atoms. The summed E-state index contributed by atoms with van der Waals surface area (Å²) in [7, 11) is 5.94. The van der Waals surface area contributed by atoms with Crippen LogP contribution in [0, 0.1) is 5.92 Å². The fourth-order valence-electron chi connectivity index (χ4n) is 1.10. The minimum Gasteiger partial charge on any atom is -0.344 e. The van der Waals surface area contributed by atoms with E-state index in [9.17, 15) is 4.79 Å². The summed E-state index contributed by atoms with van der Waals surface area (Å²) in [5, 5.41) is 0. The minimum atomic E-state index is 0.330. The molecule has 1 saturated carbocycles. The summed E-state index contributed by atoms with van der Waals surface area (Å²) in [5.41, 5.74) is 0. The van der Waals surface area contributed by atoms with Gasteiger partial charge in [0.2, 0.25) is 5.91 Å². The van der Waals surface area contributed by atoms with Crippen molar-refractivity contribution in [2.75, 3.05) is 34.2 Å². The van der Waals surface area contributed by atoms with Crippen LogP contribution in [0.3, 0.4) is 0 Å². The fourth-order valence-corrected chi connectivity index (χ4v) is 1.10. The number of likely N-dealkylation sites (N-methyl/N-ethyl adjacent to an activating group) is 2. The molecule has 1 aliphatic rings. The molecule has 0 atom stereocenters. The van der Waals surface area contributed by atoms with Gasteiger partial charge in [-0.3, -0.25) is 4.79 Å². The van der Waals surface area contributed by atoms with E-state index in [0.29, 0.717) is 11.8 Å². The summed E-state index contributed by atoms with van der Waals surface area (Å²) in [6.45, 7) is 1.80. The molecule has 1 aliphatic carbocycles. The Labute approximate surface area is 74.3 Å². The molecule has 0 N–H and O–H groups in total. The van der Waals surface area contributed by atoms with Crippen LogP contribution >= 0.6 is 0 Å². The third kappa shape index (κ3) is 2.81. The van der Waals surface area contributed by atoms with Gasteiger partial charge in [-0.25, -0.2) is 0 Å². The lowest BCUT2D eigenvalue weighted by atomic mass is 10.3. The van der Waals surface area contributed by atoms with Crippen LogP contribution in [0.1, 0.15) is 12.8 Å².